The van der Waals surface area contributed by atoms with E-state index in [0.717, 1.165) is 0 Å². The highest BCUT2D eigenvalue weighted by Crippen LogP contribution is 2.29. The van der Waals surface area contributed by atoms with E-state index in [1.165, 1.54) is 24.8 Å². The van der Waals surface area contributed by atoms with Gasteiger partial charge in [0, 0.05) is 39.1 Å². The van der Waals surface area contributed by atoms with Gasteiger partial charge in [-0.15, -0.1) is 0 Å². The van der Waals surface area contributed by atoms with E-state index in [2.05, 4.69) is 16.5 Å². The molecule has 0 aromatic heterocycles. The number of carbonyl (C=O) groups is 4. The summed E-state index contributed by atoms with van der Waals surface area (Å²) in [5, 5.41) is 4.14. The van der Waals surface area contributed by atoms with E-state index >= 15 is 0 Å². The third-order valence-electron chi connectivity index (χ3n) is 4.50. The number of cyclic esters (lactones) is 1. The van der Waals surface area contributed by atoms with Crippen LogP contribution in [0.2, 0.25) is 0 Å². The lowest BCUT2D eigenvalue weighted by molar-refractivity contribution is -0.119. The number of nitrogens with zero attached hydrogens (tertiary/aromatic N) is 2. The van der Waals surface area contributed by atoms with Gasteiger partial charge in [0.1, 0.15) is 11.9 Å². The van der Waals surface area contributed by atoms with E-state index in [1.54, 1.807) is 55.5 Å². The van der Waals surface area contributed by atoms with Crippen molar-refractivity contribution in [3.63, 3.8) is 0 Å². The molecule has 10 nitrogen and oxygen atoms in total. The zero-order valence-electron chi connectivity index (χ0n) is 19.4. The highest BCUT2D eigenvalue weighted by molar-refractivity contribution is 5.94. The third kappa shape index (κ3) is 7.55. The Labute approximate surface area is 196 Å². The first-order valence-corrected chi connectivity index (χ1v) is 10.3. The molecule has 0 saturated carbocycles. The first kappa shape index (κ1) is 26.3. The molecule has 0 spiro atoms. The monoisotopic (exact) mass is 473 g/mol. The molecule has 11 heteroatoms. The molecular formula is C23H28FN5O5. The Morgan fingerprint density at radius 2 is 1.76 bits per heavy atom. The van der Waals surface area contributed by atoms with Crippen LogP contribution in [0.25, 0.3) is 11.1 Å². The molecule has 2 aromatic carbocycles. The second kappa shape index (κ2) is 11.8. The number of nitrogens with one attached hydrogen (secondary N) is 2. The first-order chi connectivity index (χ1) is 16.0. The zero-order chi connectivity index (χ0) is 25.4. The molecule has 1 heterocycles. The Kier molecular flexibility index (Phi) is 9.08. The number of amides is 4. The molecule has 3 rings (SSSR count). The van der Waals surface area contributed by atoms with Gasteiger partial charge < -0.3 is 15.8 Å². The summed E-state index contributed by atoms with van der Waals surface area (Å²) in [7, 11) is 3.42. The summed E-state index contributed by atoms with van der Waals surface area (Å²) in [5.41, 5.74) is 8.89. The van der Waals surface area contributed by atoms with Crippen molar-refractivity contribution in [3.8, 4) is 11.1 Å². The second-order valence-electron chi connectivity index (χ2n) is 7.74. The van der Waals surface area contributed by atoms with Crippen molar-refractivity contribution < 1.29 is 28.3 Å². The number of carbonyl (C=O) groups excluding carboxylic acids is 4. The highest BCUT2D eigenvalue weighted by Gasteiger charge is 2.32. The van der Waals surface area contributed by atoms with Crippen LogP contribution >= 0.6 is 0 Å². The van der Waals surface area contributed by atoms with Crippen LogP contribution < -0.4 is 21.4 Å². The van der Waals surface area contributed by atoms with Gasteiger partial charge in [0.15, 0.2) is 0 Å². The van der Waals surface area contributed by atoms with Crippen LogP contribution in [-0.2, 0) is 14.3 Å². The van der Waals surface area contributed by atoms with Gasteiger partial charge in [0.2, 0.25) is 11.8 Å². The molecule has 0 aliphatic carbocycles. The molecule has 0 unspecified atom stereocenters. The molecule has 2 aromatic rings. The topological polar surface area (TPSA) is 134 Å². The smallest absolute Gasteiger partial charge is 0.414 e. The first-order valence-electron chi connectivity index (χ1n) is 10.3. The van der Waals surface area contributed by atoms with Crippen molar-refractivity contribution in [2.75, 3.05) is 32.1 Å². The number of primary amides is 1. The van der Waals surface area contributed by atoms with Crippen molar-refractivity contribution in [3.05, 3.63) is 53.8 Å². The number of benzene rings is 2. The number of anilines is 1. The van der Waals surface area contributed by atoms with Gasteiger partial charge in [-0.1, -0.05) is 12.1 Å². The molecule has 1 atom stereocenters. The predicted octanol–water partition coefficient (Wildman–Crippen LogP) is 1.65. The third-order valence-corrected chi connectivity index (χ3v) is 4.50. The Hall–Kier alpha value is -3.99. The molecule has 182 valence electrons. The van der Waals surface area contributed by atoms with E-state index in [9.17, 15) is 23.6 Å². The summed E-state index contributed by atoms with van der Waals surface area (Å²) in [6, 6.07) is 11.0. The van der Waals surface area contributed by atoms with Crippen LogP contribution in [-0.4, -0.2) is 62.1 Å². The molecular weight excluding hydrogens is 445 g/mol. The number of hydrogen-bond donors (Lipinski definition) is 3. The van der Waals surface area contributed by atoms with Crippen molar-refractivity contribution >= 4 is 29.5 Å². The maximum absolute atomic E-state index is 14.8. The SMILES string of the molecule is CC(=O)NC[C@H]1CN(c2ccc(-c3ccc(C(=O)NN(C)C)cc3)c(F)c2)C(=O)O1.CC(N)=O. The molecule has 0 bridgehead atoms. The average Bonchev–Trinajstić information content (AvgIpc) is 3.12. The number of hydrogen-bond acceptors (Lipinski definition) is 6. The molecule has 34 heavy (non-hydrogen) atoms. The van der Waals surface area contributed by atoms with E-state index in [4.69, 9.17) is 4.74 Å². The Morgan fingerprint density at radius 1 is 1.15 bits per heavy atom. The predicted molar refractivity (Wildman–Crippen MR) is 124 cm³/mol. The molecule has 1 fully saturated rings. The Bertz CT molecular complexity index is 1050. The van der Waals surface area contributed by atoms with E-state index in [-0.39, 0.29) is 30.8 Å². The van der Waals surface area contributed by atoms with Crippen LogP contribution in [0.15, 0.2) is 42.5 Å². The lowest BCUT2D eigenvalue weighted by atomic mass is 10.0. The molecule has 1 aliphatic heterocycles. The average molecular weight is 474 g/mol. The lowest BCUT2D eigenvalue weighted by Gasteiger charge is -2.15. The zero-order valence-corrected chi connectivity index (χ0v) is 19.4. The summed E-state index contributed by atoms with van der Waals surface area (Å²) < 4.78 is 20.0. The maximum Gasteiger partial charge on any atom is 0.414 e. The van der Waals surface area contributed by atoms with Gasteiger partial charge in [-0.25, -0.2) is 14.2 Å². The van der Waals surface area contributed by atoms with Crippen LogP contribution in [0, 0.1) is 5.82 Å². The summed E-state index contributed by atoms with van der Waals surface area (Å²) in [6.07, 6.45) is -1.08. The van der Waals surface area contributed by atoms with Crippen molar-refractivity contribution in [2.24, 2.45) is 5.73 Å². The largest absolute Gasteiger partial charge is 0.442 e. The van der Waals surface area contributed by atoms with Crippen LogP contribution in [0.4, 0.5) is 14.9 Å². The number of rotatable bonds is 6. The van der Waals surface area contributed by atoms with Crippen LogP contribution in [0.1, 0.15) is 24.2 Å². The quantitative estimate of drug-likeness (QED) is 0.546. The number of halogens is 1. The van der Waals surface area contributed by atoms with Crippen molar-refractivity contribution in [2.45, 2.75) is 20.0 Å². The maximum atomic E-state index is 14.8. The fourth-order valence-corrected chi connectivity index (χ4v) is 3.07. The fourth-order valence-electron chi connectivity index (χ4n) is 3.07. The molecule has 0 radical (unpaired) electrons. The highest BCUT2D eigenvalue weighted by atomic mass is 19.1. The minimum atomic E-state index is -0.589. The normalized spacial score (nSPS) is 14.7. The Morgan fingerprint density at radius 3 is 2.29 bits per heavy atom. The van der Waals surface area contributed by atoms with Crippen molar-refractivity contribution in [1.29, 1.82) is 0 Å². The van der Waals surface area contributed by atoms with Gasteiger partial charge in [0.25, 0.3) is 5.91 Å². The minimum Gasteiger partial charge on any atom is -0.442 e. The summed E-state index contributed by atoms with van der Waals surface area (Å²) in [5.74, 6) is -1.31. The van der Waals surface area contributed by atoms with Gasteiger partial charge in [-0.2, -0.15) is 0 Å². The van der Waals surface area contributed by atoms with Gasteiger partial charge >= 0.3 is 6.09 Å². The van der Waals surface area contributed by atoms with E-state index in [1.807, 2.05) is 0 Å². The number of nitrogens with two attached hydrogens (primary N) is 1. The molecule has 1 saturated heterocycles. The molecule has 4 N–H and O–H groups in total. The van der Waals surface area contributed by atoms with Gasteiger partial charge in [-0.3, -0.25) is 24.7 Å². The Balaban J connectivity index is 0.000000945. The minimum absolute atomic E-state index is 0.200. The van der Waals surface area contributed by atoms with Gasteiger partial charge in [-0.05, 0) is 35.9 Å². The molecule has 4 amide bonds. The standard InChI is InChI=1S/C21H23FN4O4.C2H5NO/c1-13(27)23-11-17-12-26(21(29)30-17)16-8-9-18(19(22)10-16)14-4-6-15(7-5-14)20(28)24-25(2)3;1-2(3)4/h4-10,17H,11-12H2,1-3H3,(H,23,27)(H,24,28);1H3,(H2,3,4)/t17-;/m0./s1. The van der Waals surface area contributed by atoms with E-state index in [0.29, 0.717) is 22.4 Å². The van der Waals surface area contributed by atoms with Crippen LogP contribution in [0.5, 0.6) is 0 Å². The summed E-state index contributed by atoms with van der Waals surface area (Å²) in [6.45, 7) is 3.10. The van der Waals surface area contributed by atoms with E-state index < -0.39 is 18.0 Å². The summed E-state index contributed by atoms with van der Waals surface area (Å²) in [4.78, 5) is 45.7. The number of ether oxygens (including phenoxy) is 1. The van der Waals surface area contributed by atoms with Gasteiger partial charge in [0.05, 0.1) is 18.8 Å². The fraction of sp³-hybridized carbons (Fsp3) is 0.304. The summed E-state index contributed by atoms with van der Waals surface area (Å²) >= 11 is 0. The lowest BCUT2D eigenvalue weighted by Crippen LogP contribution is -2.36. The molecule has 1 aliphatic rings. The van der Waals surface area contributed by atoms with Crippen LogP contribution in [0.3, 0.4) is 0 Å². The number of hydrazine groups is 1. The van der Waals surface area contributed by atoms with Crippen molar-refractivity contribution in [1.82, 2.24) is 15.8 Å². The second-order valence-corrected chi connectivity index (χ2v) is 7.74.